The van der Waals surface area contributed by atoms with E-state index < -0.39 is 0 Å². The summed E-state index contributed by atoms with van der Waals surface area (Å²) in [5.74, 6) is 0. The average Bonchev–Trinajstić information content (AvgIpc) is 3.01. The Labute approximate surface area is 118 Å². The molecule has 1 atom stereocenters. The Kier molecular flexibility index (Phi) is 3.28. The lowest BCUT2D eigenvalue weighted by Crippen LogP contribution is -2.12. The van der Waals surface area contributed by atoms with Crippen molar-refractivity contribution in [2.75, 3.05) is 0 Å². The summed E-state index contributed by atoms with van der Waals surface area (Å²) in [6, 6.07) is 8.15. The zero-order valence-electron chi connectivity index (χ0n) is 11.8. The highest BCUT2D eigenvalue weighted by Gasteiger charge is 2.15. The van der Waals surface area contributed by atoms with Crippen LogP contribution in [0, 0.1) is 0 Å². The van der Waals surface area contributed by atoms with Crippen LogP contribution in [0.5, 0.6) is 0 Å². The van der Waals surface area contributed by atoms with Gasteiger partial charge in [0.05, 0.1) is 17.4 Å². The highest BCUT2D eigenvalue weighted by atomic mass is 15.3. The molecule has 5 heteroatoms. The zero-order chi connectivity index (χ0) is 14.1. The Balaban J connectivity index is 1.80. The molecular formula is C15H19N5. The molecule has 0 radical (unpaired) electrons. The Hall–Kier alpha value is -2.14. The van der Waals surface area contributed by atoms with Gasteiger partial charge in [-0.1, -0.05) is 18.2 Å². The van der Waals surface area contributed by atoms with Crippen LogP contribution in [0.3, 0.4) is 0 Å². The highest BCUT2D eigenvalue weighted by Crippen LogP contribution is 2.24. The van der Waals surface area contributed by atoms with E-state index in [1.807, 2.05) is 48.0 Å². The van der Waals surface area contributed by atoms with Gasteiger partial charge in [0.25, 0.3) is 0 Å². The molecular weight excluding hydrogens is 250 g/mol. The van der Waals surface area contributed by atoms with Gasteiger partial charge in [-0.3, -0.25) is 9.36 Å². The Bertz CT molecular complexity index is 725. The van der Waals surface area contributed by atoms with Gasteiger partial charge in [-0.15, -0.1) is 0 Å². The highest BCUT2D eigenvalue weighted by molar-refractivity contribution is 5.82. The van der Waals surface area contributed by atoms with E-state index in [1.165, 1.54) is 5.56 Å². The van der Waals surface area contributed by atoms with Crippen LogP contribution in [0.1, 0.15) is 23.7 Å². The fraction of sp³-hybridized carbons (Fsp3) is 0.333. The number of para-hydroxylation sites is 1. The van der Waals surface area contributed by atoms with Gasteiger partial charge in [-0.2, -0.15) is 10.2 Å². The lowest BCUT2D eigenvalue weighted by Gasteiger charge is -2.08. The van der Waals surface area contributed by atoms with Crippen molar-refractivity contribution in [1.82, 2.24) is 19.6 Å². The summed E-state index contributed by atoms with van der Waals surface area (Å²) in [4.78, 5) is 0. The van der Waals surface area contributed by atoms with E-state index in [0.717, 1.165) is 29.4 Å². The standard InChI is InChI=1S/C15H19N5/c1-19-10-11(9-17-19)7-8-13(16)15-12-5-3-4-6-14(12)20(2)18-15/h3-6,9-10,13H,7-8,16H2,1-2H3. The molecule has 2 aromatic heterocycles. The molecule has 0 saturated heterocycles. The van der Waals surface area contributed by atoms with Crippen molar-refractivity contribution in [3.05, 3.63) is 47.9 Å². The van der Waals surface area contributed by atoms with Gasteiger partial charge in [0.1, 0.15) is 0 Å². The van der Waals surface area contributed by atoms with Gasteiger partial charge in [-0.05, 0) is 24.5 Å². The number of rotatable bonds is 4. The molecule has 0 aliphatic rings. The number of hydrogen-bond donors (Lipinski definition) is 1. The van der Waals surface area contributed by atoms with Gasteiger partial charge in [0.15, 0.2) is 0 Å². The lowest BCUT2D eigenvalue weighted by atomic mass is 10.0. The molecule has 3 rings (SSSR count). The average molecular weight is 269 g/mol. The number of aromatic nitrogens is 4. The van der Waals surface area contributed by atoms with E-state index in [4.69, 9.17) is 5.73 Å². The number of benzene rings is 1. The van der Waals surface area contributed by atoms with Crippen LogP contribution in [-0.4, -0.2) is 19.6 Å². The first-order valence-corrected chi connectivity index (χ1v) is 6.80. The molecule has 104 valence electrons. The second-order valence-corrected chi connectivity index (χ2v) is 5.19. The van der Waals surface area contributed by atoms with Gasteiger partial charge >= 0.3 is 0 Å². The Morgan fingerprint density at radius 2 is 2.05 bits per heavy atom. The van der Waals surface area contributed by atoms with Crippen molar-refractivity contribution in [2.45, 2.75) is 18.9 Å². The van der Waals surface area contributed by atoms with E-state index in [9.17, 15) is 0 Å². The van der Waals surface area contributed by atoms with E-state index in [2.05, 4.69) is 22.3 Å². The number of fused-ring (bicyclic) bond motifs is 1. The van der Waals surface area contributed by atoms with E-state index >= 15 is 0 Å². The summed E-state index contributed by atoms with van der Waals surface area (Å²) in [6.07, 6.45) is 5.71. The van der Waals surface area contributed by atoms with Gasteiger partial charge in [-0.25, -0.2) is 0 Å². The monoisotopic (exact) mass is 269 g/mol. The topological polar surface area (TPSA) is 61.7 Å². The van der Waals surface area contributed by atoms with Crippen LogP contribution in [0.4, 0.5) is 0 Å². The maximum absolute atomic E-state index is 6.33. The second-order valence-electron chi connectivity index (χ2n) is 5.19. The van der Waals surface area contributed by atoms with Crippen molar-refractivity contribution >= 4 is 10.9 Å². The number of hydrogen-bond acceptors (Lipinski definition) is 3. The van der Waals surface area contributed by atoms with Crippen molar-refractivity contribution in [3.8, 4) is 0 Å². The maximum Gasteiger partial charge on any atom is 0.0870 e. The molecule has 0 amide bonds. The van der Waals surface area contributed by atoms with Crippen LogP contribution in [0.25, 0.3) is 10.9 Å². The van der Waals surface area contributed by atoms with E-state index in [1.54, 1.807) is 0 Å². The van der Waals surface area contributed by atoms with Crippen molar-refractivity contribution in [1.29, 1.82) is 0 Å². The summed E-state index contributed by atoms with van der Waals surface area (Å²) in [6.45, 7) is 0. The second kappa shape index (κ2) is 5.09. The maximum atomic E-state index is 6.33. The summed E-state index contributed by atoms with van der Waals surface area (Å²) in [5.41, 5.74) is 9.64. The van der Waals surface area contributed by atoms with Crippen LogP contribution in [-0.2, 0) is 20.5 Å². The molecule has 0 spiro atoms. The molecule has 0 fully saturated rings. The molecule has 5 nitrogen and oxygen atoms in total. The predicted octanol–water partition coefficient (Wildman–Crippen LogP) is 1.94. The van der Waals surface area contributed by atoms with Gasteiger partial charge in [0, 0.05) is 31.7 Å². The van der Waals surface area contributed by atoms with Crippen LogP contribution in [0.15, 0.2) is 36.7 Å². The molecule has 1 unspecified atom stereocenters. The number of aryl methyl sites for hydroxylation is 3. The first-order chi connectivity index (χ1) is 9.65. The largest absolute Gasteiger partial charge is 0.323 e. The van der Waals surface area contributed by atoms with Gasteiger partial charge in [0.2, 0.25) is 0 Å². The van der Waals surface area contributed by atoms with Crippen molar-refractivity contribution in [2.24, 2.45) is 19.8 Å². The van der Waals surface area contributed by atoms with Crippen molar-refractivity contribution < 1.29 is 0 Å². The van der Waals surface area contributed by atoms with E-state index in [0.29, 0.717) is 0 Å². The summed E-state index contributed by atoms with van der Waals surface area (Å²) in [7, 11) is 3.88. The smallest absolute Gasteiger partial charge is 0.0870 e. The SMILES string of the molecule is Cn1cc(CCC(N)c2nn(C)c3ccccc23)cn1. The first-order valence-electron chi connectivity index (χ1n) is 6.80. The third kappa shape index (κ3) is 2.32. The minimum atomic E-state index is -0.0543. The molecule has 0 saturated carbocycles. The lowest BCUT2D eigenvalue weighted by molar-refractivity contribution is 0.618. The molecule has 1 aromatic carbocycles. The molecule has 2 N–H and O–H groups in total. The number of nitrogens with zero attached hydrogens (tertiary/aromatic N) is 4. The first kappa shape index (κ1) is 12.9. The van der Waals surface area contributed by atoms with Crippen LogP contribution < -0.4 is 5.73 Å². The summed E-state index contributed by atoms with van der Waals surface area (Å²) in [5, 5.41) is 9.90. The summed E-state index contributed by atoms with van der Waals surface area (Å²) < 4.78 is 3.71. The molecule has 0 aliphatic carbocycles. The van der Waals surface area contributed by atoms with Gasteiger partial charge < -0.3 is 5.73 Å². The third-order valence-corrected chi connectivity index (χ3v) is 3.64. The molecule has 2 heterocycles. The molecule has 20 heavy (non-hydrogen) atoms. The number of nitrogens with two attached hydrogens (primary N) is 1. The fourth-order valence-electron chi connectivity index (χ4n) is 2.58. The third-order valence-electron chi connectivity index (χ3n) is 3.64. The fourth-order valence-corrected chi connectivity index (χ4v) is 2.58. The zero-order valence-corrected chi connectivity index (χ0v) is 11.8. The van der Waals surface area contributed by atoms with Crippen LogP contribution in [0.2, 0.25) is 0 Å². The normalized spacial score (nSPS) is 12.9. The van der Waals surface area contributed by atoms with Crippen LogP contribution >= 0.6 is 0 Å². The molecule has 0 aliphatic heterocycles. The van der Waals surface area contributed by atoms with E-state index in [-0.39, 0.29) is 6.04 Å². The molecule has 3 aromatic rings. The molecule has 0 bridgehead atoms. The van der Waals surface area contributed by atoms with Crippen molar-refractivity contribution in [3.63, 3.8) is 0 Å². The quantitative estimate of drug-likeness (QED) is 0.787. The Morgan fingerprint density at radius 3 is 2.80 bits per heavy atom. The summed E-state index contributed by atoms with van der Waals surface area (Å²) >= 11 is 0. The minimum absolute atomic E-state index is 0.0543. The predicted molar refractivity (Wildman–Crippen MR) is 79.2 cm³/mol. The Morgan fingerprint density at radius 1 is 1.25 bits per heavy atom. The minimum Gasteiger partial charge on any atom is -0.323 e.